The Labute approximate surface area is 138 Å². The van der Waals surface area contributed by atoms with Gasteiger partial charge in [0.15, 0.2) is 6.29 Å². The van der Waals surface area contributed by atoms with E-state index < -0.39 is 0 Å². The molecule has 2 heterocycles. The molecule has 2 N–H and O–H groups in total. The van der Waals surface area contributed by atoms with Gasteiger partial charge in [0, 0.05) is 40.0 Å². The van der Waals surface area contributed by atoms with Crippen LogP contribution in [0.5, 0.6) is 5.75 Å². The summed E-state index contributed by atoms with van der Waals surface area (Å²) < 4.78 is 0. The summed E-state index contributed by atoms with van der Waals surface area (Å²) in [6, 6.07) is 16.9. The van der Waals surface area contributed by atoms with Crippen LogP contribution in [0.1, 0.15) is 10.4 Å². The highest BCUT2D eigenvalue weighted by Crippen LogP contribution is 2.30. The molecular weight excluding hydrogens is 300 g/mol. The lowest BCUT2D eigenvalue weighted by molar-refractivity contribution is 0.112. The molecule has 0 atom stereocenters. The number of aromatic hydroxyl groups is 1. The second kappa shape index (κ2) is 5.66. The molecule has 4 nitrogen and oxygen atoms in total. The summed E-state index contributed by atoms with van der Waals surface area (Å²) in [4.78, 5) is 18.6. The summed E-state index contributed by atoms with van der Waals surface area (Å²) in [7, 11) is 0. The van der Waals surface area contributed by atoms with E-state index in [4.69, 9.17) is 0 Å². The second-order valence-electron chi connectivity index (χ2n) is 5.57. The molecule has 4 aromatic rings. The Balaban J connectivity index is 1.75. The van der Waals surface area contributed by atoms with Gasteiger partial charge in [0.25, 0.3) is 0 Å². The molecule has 116 valence electrons. The number of aromatic nitrogens is 2. The number of aldehydes is 1. The topological polar surface area (TPSA) is 66.0 Å². The molecule has 2 aromatic heterocycles. The highest BCUT2D eigenvalue weighted by Gasteiger charge is 2.08. The highest BCUT2D eigenvalue weighted by molar-refractivity contribution is 5.99. The number of phenolic OH excluding ortho intramolecular Hbond substituents is 1. The van der Waals surface area contributed by atoms with Crippen molar-refractivity contribution in [1.82, 2.24) is 9.97 Å². The minimum atomic E-state index is 0.210. The maximum Gasteiger partial charge on any atom is 0.152 e. The fourth-order valence-electron chi connectivity index (χ4n) is 2.83. The quantitative estimate of drug-likeness (QED) is 0.550. The molecule has 0 amide bonds. The Hall–Kier alpha value is -3.40. The van der Waals surface area contributed by atoms with Gasteiger partial charge in [-0.3, -0.25) is 9.78 Å². The van der Waals surface area contributed by atoms with Crippen molar-refractivity contribution in [2.75, 3.05) is 0 Å². The van der Waals surface area contributed by atoms with Crippen LogP contribution >= 0.6 is 0 Å². The van der Waals surface area contributed by atoms with E-state index in [2.05, 4.69) is 9.97 Å². The van der Waals surface area contributed by atoms with Crippen LogP contribution in [0.3, 0.4) is 0 Å². The van der Waals surface area contributed by atoms with Crippen LogP contribution in [0.2, 0.25) is 0 Å². The third-order valence-electron chi connectivity index (χ3n) is 4.12. The predicted molar refractivity (Wildman–Crippen MR) is 94.0 cm³/mol. The number of nitrogens with one attached hydrogen (secondary N) is 1. The van der Waals surface area contributed by atoms with Crippen LogP contribution in [0, 0.1) is 0 Å². The van der Waals surface area contributed by atoms with E-state index in [1.807, 2.05) is 42.5 Å². The summed E-state index contributed by atoms with van der Waals surface area (Å²) in [5.41, 5.74) is 4.93. The molecule has 0 unspecified atom stereocenters. The number of hydrogen-bond acceptors (Lipinski definition) is 3. The molecule has 2 aromatic carbocycles. The van der Waals surface area contributed by atoms with Crippen molar-refractivity contribution < 1.29 is 9.90 Å². The molecule has 4 rings (SSSR count). The van der Waals surface area contributed by atoms with Crippen LogP contribution in [0.25, 0.3) is 33.3 Å². The summed E-state index contributed by atoms with van der Waals surface area (Å²) >= 11 is 0. The fraction of sp³-hybridized carbons (Fsp3) is 0. The number of nitrogens with zero attached hydrogens (tertiary/aromatic N) is 1. The molecule has 4 heteroatoms. The Morgan fingerprint density at radius 2 is 1.83 bits per heavy atom. The number of carbonyl (C=O) groups is 1. The number of carbonyl (C=O) groups excluding carboxylic acids is 1. The number of hydrogen-bond donors (Lipinski definition) is 2. The zero-order chi connectivity index (χ0) is 16.5. The molecule has 0 aliphatic heterocycles. The van der Waals surface area contributed by atoms with Crippen molar-refractivity contribution in [3.05, 3.63) is 72.6 Å². The Kier molecular flexibility index (Phi) is 3.35. The predicted octanol–water partition coefficient (Wildman–Crippen LogP) is 4.42. The molecule has 0 spiro atoms. The largest absolute Gasteiger partial charge is 0.507 e. The minimum absolute atomic E-state index is 0.210. The van der Waals surface area contributed by atoms with E-state index in [-0.39, 0.29) is 5.75 Å². The van der Waals surface area contributed by atoms with Crippen molar-refractivity contribution in [1.29, 1.82) is 0 Å². The lowest BCUT2D eigenvalue weighted by atomic mass is 10.0. The van der Waals surface area contributed by atoms with E-state index in [1.165, 1.54) is 0 Å². The average Bonchev–Trinajstić information content (AvgIpc) is 3.04. The van der Waals surface area contributed by atoms with Crippen molar-refractivity contribution >= 4 is 17.2 Å². The number of benzene rings is 2. The SMILES string of the molecule is O=Cc1c[nH]c2ccc(-c3ccc(-c4ccccc4O)nc3)cc12. The van der Waals surface area contributed by atoms with Gasteiger partial charge >= 0.3 is 0 Å². The molecule has 0 aliphatic carbocycles. The maximum absolute atomic E-state index is 11.1. The zero-order valence-corrected chi connectivity index (χ0v) is 12.7. The van der Waals surface area contributed by atoms with Gasteiger partial charge in [-0.15, -0.1) is 0 Å². The molecule has 0 radical (unpaired) electrons. The normalized spacial score (nSPS) is 10.8. The first kappa shape index (κ1) is 14.2. The van der Waals surface area contributed by atoms with Crippen LogP contribution in [-0.2, 0) is 0 Å². The lowest BCUT2D eigenvalue weighted by Gasteiger charge is -2.06. The number of pyridine rings is 1. The molecule has 0 fully saturated rings. The molecule has 0 bridgehead atoms. The van der Waals surface area contributed by atoms with Crippen molar-refractivity contribution in [2.24, 2.45) is 0 Å². The molecule has 0 aliphatic rings. The van der Waals surface area contributed by atoms with Crippen LogP contribution < -0.4 is 0 Å². The zero-order valence-electron chi connectivity index (χ0n) is 12.7. The van der Waals surface area contributed by atoms with Gasteiger partial charge in [-0.2, -0.15) is 0 Å². The summed E-state index contributed by atoms with van der Waals surface area (Å²) in [6.45, 7) is 0. The van der Waals surface area contributed by atoms with E-state index in [0.717, 1.165) is 28.3 Å². The van der Waals surface area contributed by atoms with Crippen molar-refractivity contribution in [3.8, 4) is 28.1 Å². The monoisotopic (exact) mass is 314 g/mol. The summed E-state index contributed by atoms with van der Waals surface area (Å²) in [5.74, 6) is 0.210. The maximum atomic E-state index is 11.1. The van der Waals surface area contributed by atoms with Gasteiger partial charge in [-0.05, 0) is 35.9 Å². The van der Waals surface area contributed by atoms with Crippen LogP contribution in [0.15, 0.2) is 67.0 Å². The Bertz CT molecular complexity index is 1030. The number of phenols is 1. The highest BCUT2D eigenvalue weighted by atomic mass is 16.3. The molecule has 0 saturated heterocycles. The van der Waals surface area contributed by atoms with Gasteiger partial charge in [0.1, 0.15) is 5.75 Å². The summed E-state index contributed by atoms with van der Waals surface area (Å²) in [6.07, 6.45) is 4.33. The number of H-pyrrole nitrogens is 1. The smallest absolute Gasteiger partial charge is 0.152 e. The van der Waals surface area contributed by atoms with E-state index in [9.17, 15) is 9.90 Å². The Morgan fingerprint density at radius 3 is 2.58 bits per heavy atom. The van der Waals surface area contributed by atoms with E-state index in [1.54, 1.807) is 24.5 Å². The second-order valence-corrected chi connectivity index (χ2v) is 5.57. The first-order chi connectivity index (χ1) is 11.8. The number of aromatic amines is 1. The van der Waals surface area contributed by atoms with Crippen molar-refractivity contribution in [2.45, 2.75) is 0 Å². The van der Waals surface area contributed by atoms with Gasteiger partial charge < -0.3 is 10.1 Å². The molecular formula is C20H14N2O2. The molecule has 0 saturated carbocycles. The average molecular weight is 314 g/mol. The standard InChI is InChI=1S/C20H14N2O2/c23-12-15-11-22-19-7-5-13(9-17(15)19)14-6-8-18(21-10-14)16-3-1-2-4-20(16)24/h1-12,22,24H. The van der Waals surface area contributed by atoms with Gasteiger partial charge in [0.05, 0.1) is 5.69 Å². The fourth-order valence-corrected chi connectivity index (χ4v) is 2.83. The number of rotatable bonds is 3. The third-order valence-corrected chi connectivity index (χ3v) is 4.12. The molecule has 24 heavy (non-hydrogen) atoms. The van der Waals surface area contributed by atoms with Crippen LogP contribution in [-0.4, -0.2) is 21.4 Å². The van der Waals surface area contributed by atoms with Gasteiger partial charge in [-0.1, -0.05) is 24.3 Å². The van der Waals surface area contributed by atoms with E-state index >= 15 is 0 Å². The van der Waals surface area contributed by atoms with Crippen molar-refractivity contribution in [3.63, 3.8) is 0 Å². The Morgan fingerprint density at radius 1 is 1.00 bits per heavy atom. The third kappa shape index (κ3) is 2.34. The first-order valence-corrected chi connectivity index (χ1v) is 7.57. The lowest BCUT2D eigenvalue weighted by Crippen LogP contribution is -1.86. The van der Waals surface area contributed by atoms with E-state index in [0.29, 0.717) is 16.8 Å². The van der Waals surface area contributed by atoms with Crippen LogP contribution in [0.4, 0.5) is 0 Å². The van der Waals surface area contributed by atoms with Gasteiger partial charge in [-0.25, -0.2) is 0 Å². The number of para-hydroxylation sites is 1. The minimum Gasteiger partial charge on any atom is -0.507 e. The van der Waals surface area contributed by atoms with Gasteiger partial charge in [0.2, 0.25) is 0 Å². The number of fused-ring (bicyclic) bond motifs is 1. The first-order valence-electron chi connectivity index (χ1n) is 7.57. The summed E-state index contributed by atoms with van der Waals surface area (Å²) in [5, 5.41) is 10.8.